The molecule has 0 bridgehead atoms. The lowest BCUT2D eigenvalue weighted by Gasteiger charge is -2.03. The van der Waals surface area contributed by atoms with E-state index in [4.69, 9.17) is 0 Å². The number of halogens is 1. The van der Waals surface area contributed by atoms with Gasteiger partial charge in [0.05, 0.1) is 0 Å². The first-order chi connectivity index (χ1) is 7.84. The smallest absolute Gasteiger partial charge is 0.0299 e. The van der Waals surface area contributed by atoms with E-state index in [0.717, 1.165) is 24.0 Å². The monoisotopic (exact) mass is 295 g/mol. The summed E-state index contributed by atoms with van der Waals surface area (Å²) in [7, 11) is 0. The van der Waals surface area contributed by atoms with Crippen molar-refractivity contribution < 1.29 is 0 Å². The van der Waals surface area contributed by atoms with Gasteiger partial charge in [0.25, 0.3) is 0 Å². The second-order valence-corrected chi connectivity index (χ2v) is 5.58. The Morgan fingerprint density at radius 1 is 1.12 bits per heavy atom. The predicted octanol–water partition coefficient (Wildman–Crippen LogP) is 3.84. The molecule has 1 aromatic carbocycles. The molecule has 1 N–H and O–H groups in total. The van der Waals surface area contributed by atoms with Crippen molar-refractivity contribution in [1.82, 2.24) is 5.32 Å². The zero-order valence-electron chi connectivity index (χ0n) is 8.95. The van der Waals surface area contributed by atoms with Gasteiger partial charge in [-0.05, 0) is 42.1 Å². The summed E-state index contributed by atoms with van der Waals surface area (Å²) in [5.74, 6) is 0. The van der Waals surface area contributed by atoms with E-state index in [1.807, 2.05) is 0 Å². The second kappa shape index (κ2) is 6.18. The Hall–Kier alpha value is -0.640. The Balaban J connectivity index is 1.70. The Morgan fingerprint density at radius 3 is 2.62 bits per heavy atom. The van der Waals surface area contributed by atoms with Crippen LogP contribution in [-0.2, 0) is 13.0 Å². The molecule has 0 fully saturated rings. The van der Waals surface area contributed by atoms with Gasteiger partial charge in [-0.25, -0.2) is 0 Å². The van der Waals surface area contributed by atoms with Gasteiger partial charge in [0, 0.05) is 15.9 Å². The fourth-order valence-corrected chi connectivity index (χ4v) is 2.45. The van der Waals surface area contributed by atoms with Crippen LogP contribution in [-0.4, -0.2) is 6.54 Å². The van der Waals surface area contributed by atoms with Gasteiger partial charge in [0.15, 0.2) is 0 Å². The number of rotatable bonds is 5. The van der Waals surface area contributed by atoms with Crippen molar-refractivity contribution in [2.45, 2.75) is 13.0 Å². The highest BCUT2D eigenvalue weighted by atomic mass is 79.9. The van der Waals surface area contributed by atoms with Crippen LogP contribution < -0.4 is 5.32 Å². The average Bonchev–Trinajstić information content (AvgIpc) is 2.80. The summed E-state index contributed by atoms with van der Waals surface area (Å²) >= 11 is 5.24. The van der Waals surface area contributed by atoms with Gasteiger partial charge in [-0.15, -0.1) is 11.3 Å². The van der Waals surface area contributed by atoms with E-state index in [-0.39, 0.29) is 0 Å². The highest BCUT2D eigenvalue weighted by Crippen LogP contribution is 2.11. The highest BCUT2D eigenvalue weighted by Gasteiger charge is 1.95. The molecule has 16 heavy (non-hydrogen) atoms. The quantitative estimate of drug-likeness (QED) is 0.827. The van der Waals surface area contributed by atoms with E-state index in [0.29, 0.717) is 0 Å². The Morgan fingerprint density at radius 2 is 1.94 bits per heavy atom. The molecule has 2 rings (SSSR count). The SMILES string of the molecule is Brc1ccc(CCNCc2cccs2)cc1. The second-order valence-electron chi connectivity index (χ2n) is 3.63. The van der Waals surface area contributed by atoms with Crippen LogP contribution in [0.2, 0.25) is 0 Å². The zero-order chi connectivity index (χ0) is 11.2. The summed E-state index contributed by atoms with van der Waals surface area (Å²) in [4.78, 5) is 1.40. The normalized spacial score (nSPS) is 10.6. The molecule has 0 aliphatic heterocycles. The molecule has 3 heteroatoms. The lowest BCUT2D eigenvalue weighted by Crippen LogP contribution is -2.15. The molecule has 0 atom stereocenters. The number of nitrogens with one attached hydrogen (secondary N) is 1. The van der Waals surface area contributed by atoms with Crippen LogP contribution in [0.15, 0.2) is 46.3 Å². The Labute approximate surface area is 109 Å². The van der Waals surface area contributed by atoms with E-state index in [9.17, 15) is 0 Å². The van der Waals surface area contributed by atoms with E-state index >= 15 is 0 Å². The maximum absolute atomic E-state index is 3.45. The van der Waals surface area contributed by atoms with Crippen molar-refractivity contribution >= 4 is 27.3 Å². The van der Waals surface area contributed by atoms with Crippen molar-refractivity contribution in [1.29, 1.82) is 0 Å². The molecule has 1 aromatic heterocycles. The molecular formula is C13H14BrNS. The van der Waals surface area contributed by atoms with Gasteiger partial charge in [0.1, 0.15) is 0 Å². The summed E-state index contributed by atoms with van der Waals surface area (Å²) in [5, 5.41) is 5.57. The Kier molecular flexibility index (Phi) is 4.57. The van der Waals surface area contributed by atoms with Crippen molar-refractivity contribution in [2.24, 2.45) is 0 Å². The fourth-order valence-electron chi connectivity index (χ4n) is 1.51. The van der Waals surface area contributed by atoms with Crippen molar-refractivity contribution in [2.75, 3.05) is 6.54 Å². The van der Waals surface area contributed by atoms with Crippen molar-refractivity contribution in [3.05, 3.63) is 56.7 Å². The van der Waals surface area contributed by atoms with Gasteiger partial charge in [-0.1, -0.05) is 34.1 Å². The van der Waals surface area contributed by atoms with Crippen LogP contribution in [0.4, 0.5) is 0 Å². The summed E-state index contributed by atoms with van der Waals surface area (Å²) in [6, 6.07) is 12.8. The summed E-state index contributed by atoms with van der Waals surface area (Å²) in [6.45, 7) is 2.01. The van der Waals surface area contributed by atoms with Gasteiger partial charge in [-0.3, -0.25) is 0 Å². The van der Waals surface area contributed by atoms with E-state index < -0.39 is 0 Å². The maximum Gasteiger partial charge on any atom is 0.0299 e. The maximum atomic E-state index is 3.45. The first kappa shape index (κ1) is 11.8. The fraction of sp³-hybridized carbons (Fsp3) is 0.231. The third-order valence-corrected chi connectivity index (χ3v) is 3.79. The van der Waals surface area contributed by atoms with E-state index in [1.165, 1.54) is 10.4 Å². The molecular weight excluding hydrogens is 282 g/mol. The third-order valence-electron chi connectivity index (χ3n) is 2.38. The minimum absolute atomic E-state index is 0.980. The molecule has 0 aliphatic rings. The van der Waals surface area contributed by atoms with Gasteiger partial charge < -0.3 is 5.32 Å². The minimum Gasteiger partial charge on any atom is -0.312 e. The number of thiophene rings is 1. The first-order valence-corrected chi connectivity index (χ1v) is 6.99. The Bertz CT molecular complexity index is 408. The topological polar surface area (TPSA) is 12.0 Å². The molecule has 0 saturated carbocycles. The number of benzene rings is 1. The van der Waals surface area contributed by atoms with Gasteiger partial charge in [-0.2, -0.15) is 0 Å². The number of hydrogen-bond donors (Lipinski definition) is 1. The average molecular weight is 296 g/mol. The van der Waals surface area contributed by atoms with Crippen LogP contribution in [0.5, 0.6) is 0 Å². The largest absolute Gasteiger partial charge is 0.312 e. The molecule has 0 saturated heterocycles. The van der Waals surface area contributed by atoms with Gasteiger partial charge >= 0.3 is 0 Å². The highest BCUT2D eigenvalue weighted by molar-refractivity contribution is 9.10. The van der Waals surface area contributed by atoms with Crippen LogP contribution in [0.1, 0.15) is 10.4 Å². The lowest BCUT2D eigenvalue weighted by molar-refractivity contribution is 0.693. The van der Waals surface area contributed by atoms with E-state index in [1.54, 1.807) is 11.3 Å². The summed E-state index contributed by atoms with van der Waals surface area (Å²) in [6.07, 6.45) is 1.08. The zero-order valence-corrected chi connectivity index (χ0v) is 11.4. The molecule has 0 amide bonds. The van der Waals surface area contributed by atoms with Gasteiger partial charge in [0.2, 0.25) is 0 Å². The standard InChI is InChI=1S/C13H14BrNS/c14-12-5-3-11(4-6-12)7-8-15-10-13-2-1-9-16-13/h1-6,9,15H,7-8,10H2. The molecule has 84 valence electrons. The summed E-state index contributed by atoms with van der Waals surface area (Å²) in [5.41, 5.74) is 1.38. The molecule has 0 radical (unpaired) electrons. The van der Waals surface area contributed by atoms with E-state index in [2.05, 4.69) is 63.0 Å². The van der Waals surface area contributed by atoms with Crippen LogP contribution in [0.3, 0.4) is 0 Å². The van der Waals surface area contributed by atoms with Crippen LogP contribution in [0.25, 0.3) is 0 Å². The molecule has 1 nitrogen and oxygen atoms in total. The first-order valence-electron chi connectivity index (χ1n) is 5.32. The summed E-state index contributed by atoms with van der Waals surface area (Å²) < 4.78 is 1.14. The number of hydrogen-bond acceptors (Lipinski definition) is 2. The third kappa shape index (κ3) is 3.74. The van der Waals surface area contributed by atoms with Crippen LogP contribution >= 0.6 is 27.3 Å². The predicted molar refractivity (Wildman–Crippen MR) is 73.9 cm³/mol. The van der Waals surface area contributed by atoms with Crippen LogP contribution in [0, 0.1) is 0 Å². The molecule has 2 aromatic rings. The molecule has 0 spiro atoms. The minimum atomic E-state index is 0.980. The lowest BCUT2D eigenvalue weighted by atomic mass is 10.1. The van der Waals surface area contributed by atoms with Crippen molar-refractivity contribution in [3.63, 3.8) is 0 Å². The molecule has 0 unspecified atom stereocenters. The molecule has 1 heterocycles. The van der Waals surface area contributed by atoms with Crippen molar-refractivity contribution in [3.8, 4) is 0 Å². The molecule has 0 aliphatic carbocycles.